The maximum Gasteiger partial charge on any atom is 0.253 e. The van der Waals surface area contributed by atoms with E-state index in [0.717, 1.165) is 35.5 Å². The fourth-order valence-electron chi connectivity index (χ4n) is 4.79. The van der Waals surface area contributed by atoms with Crippen molar-refractivity contribution in [1.29, 1.82) is 0 Å². The van der Waals surface area contributed by atoms with Gasteiger partial charge in [0.05, 0.1) is 29.1 Å². The molecule has 2 unspecified atom stereocenters. The van der Waals surface area contributed by atoms with E-state index >= 15 is 0 Å². The molecule has 0 spiro atoms. The van der Waals surface area contributed by atoms with Crippen LogP contribution in [-0.2, 0) is 4.79 Å². The number of nitrogens with zero attached hydrogens (tertiary/aromatic N) is 1. The Kier molecular flexibility index (Phi) is 6.91. The van der Waals surface area contributed by atoms with Crippen LogP contribution in [0.1, 0.15) is 52.8 Å². The van der Waals surface area contributed by atoms with Crippen LogP contribution in [0.4, 0.5) is 0 Å². The summed E-state index contributed by atoms with van der Waals surface area (Å²) in [5.74, 6) is 1.15. The molecule has 0 bridgehead atoms. The molecule has 3 aromatic rings. The normalized spacial score (nSPS) is 17.6. The van der Waals surface area contributed by atoms with Crippen molar-refractivity contribution < 1.29 is 19.1 Å². The van der Waals surface area contributed by atoms with Gasteiger partial charge in [-0.05, 0) is 48.2 Å². The van der Waals surface area contributed by atoms with Gasteiger partial charge in [0, 0.05) is 6.54 Å². The van der Waals surface area contributed by atoms with Crippen molar-refractivity contribution >= 4 is 23.4 Å². The summed E-state index contributed by atoms with van der Waals surface area (Å²) in [4.78, 5) is 28.5. The predicted molar refractivity (Wildman–Crippen MR) is 134 cm³/mol. The van der Waals surface area contributed by atoms with Gasteiger partial charge in [-0.25, -0.2) is 0 Å². The SMILES string of the molecule is O=C(NC(CC(=O)N1CCCC1c1ccc2c(c1)OCCO2)c1ccccc1)c1ccccc1Cl. The summed E-state index contributed by atoms with van der Waals surface area (Å²) in [7, 11) is 0. The van der Waals surface area contributed by atoms with Crippen LogP contribution in [0.3, 0.4) is 0 Å². The van der Waals surface area contributed by atoms with Gasteiger partial charge in [-0.2, -0.15) is 0 Å². The van der Waals surface area contributed by atoms with Crippen molar-refractivity contribution in [1.82, 2.24) is 10.2 Å². The lowest BCUT2D eigenvalue weighted by atomic mass is 10.0. The summed E-state index contributed by atoms with van der Waals surface area (Å²) < 4.78 is 11.4. The lowest BCUT2D eigenvalue weighted by molar-refractivity contribution is -0.132. The fraction of sp³-hybridized carbons (Fsp3) is 0.286. The van der Waals surface area contributed by atoms with Gasteiger partial charge in [-0.3, -0.25) is 9.59 Å². The van der Waals surface area contributed by atoms with Gasteiger partial charge in [0.1, 0.15) is 13.2 Å². The lowest BCUT2D eigenvalue weighted by Gasteiger charge is -2.29. The van der Waals surface area contributed by atoms with E-state index in [1.165, 1.54) is 0 Å². The van der Waals surface area contributed by atoms with Gasteiger partial charge in [0.15, 0.2) is 11.5 Å². The van der Waals surface area contributed by atoms with Gasteiger partial charge < -0.3 is 19.7 Å². The van der Waals surface area contributed by atoms with Gasteiger partial charge in [0.2, 0.25) is 5.91 Å². The first-order valence-electron chi connectivity index (χ1n) is 11.9. The van der Waals surface area contributed by atoms with E-state index in [-0.39, 0.29) is 24.3 Å². The van der Waals surface area contributed by atoms with Crippen LogP contribution in [0.2, 0.25) is 5.02 Å². The number of carbonyl (C=O) groups excluding carboxylic acids is 2. The number of halogens is 1. The van der Waals surface area contributed by atoms with E-state index in [1.807, 2.05) is 53.4 Å². The number of nitrogens with one attached hydrogen (secondary N) is 1. The van der Waals surface area contributed by atoms with Gasteiger partial charge in [0.25, 0.3) is 5.91 Å². The van der Waals surface area contributed by atoms with Gasteiger partial charge in [-0.1, -0.05) is 60.1 Å². The third-order valence-corrected chi connectivity index (χ3v) is 6.86. The molecule has 1 N–H and O–H groups in total. The number of likely N-dealkylation sites (tertiary alicyclic amines) is 1. The Bertz CT molecular complexity index is 1220. The highest BCUT2D eigenvalue weighted by Crippen LogP contribution is 2.38. The molecule has 2 heterocycles. The second kappa shape index (κ2) is 10.4. The average molecular weight is 491 g/mol. The molecule has 1 fully saturated rings. The zero-order chi connectivity index (χ0) is 24.2. The highest BCUT2D eigenvalue weighted by molar-refractivity contribution is 6.33. The molecule has 2 aliphatic heterocycles. The van der Waals surface area contributed by atoms with Crippen molar-refractivity contribution in [3.63, 3.8) is 0 Å². The lowest BCUT2D eigenvalue weighted by Crippen LogP contribution is -2.36. The molecule has 180 valence electrons. The minimum atomic E-state index is -0.478. The van der Waals surface area contributed by atoms with Crippen molar-refractivity contribution in [3.8, 4) is 11.5 Å². The van der Waals surface area contributed by atoms with Crippen LogP contribution >= 0.6 is 11.6 Å². The Hall–Kier alpha value is -3.51. The van der Waals surface area contributed by atoms with E-state index in [9.17, 15) is 9.59 Å². The molecule has 2 atom stereocenters. The van der Waals surface area contributed by atoms with E-state index in [0.29, 0.717) is 30.3 Å². The first-order chi connectivity index (χ1) is 17.1. The molecule has 2 aliphatic rings. The molecule has 6 nitrogen and oxygen atoms in total. The van der Waals surface area contributed by atoms with Crippen molar-refractivity contribution in [2.45, 2.75) is 31.3 Å². The standard InChI is InChI=1S/C28H27ClN2O4/c29-22-10-5-4-9-21(22)28(33)30-23(19-7-2-1-3-8-19)18-27(32)31-14-6-11-24(31)20-12-13-25-26(17-20)35-16-15-34-25/h1-5,7-10,12-13,17,23-24H,6,11,14-16,18H2,(H,30,33). The molecular formula is C28H27ClN2O4. The zero-order valence-corrected chi connectivity index (χ0v) is 20.0. The summed E-state index contributed by atoms with van der Waals surface area (Å²) in [5, 5.41) is 3.41. The quantitative estimate of drug-likeness (QED) is 0.506. The van der Waals surface area contributed by atoms with Crippen LogP contribution < -0.4 is 14.8 Å². The second-order valence-electron chi connectivity index (χ2n) is 8.77. The number of carbonyl (C=O) groups is 2. The van der Waals surface area contributed by atoms with E-state index in [4.69, 9.17) is 21.1 Å². The molecule has 0 aromatic heterocycles. The highest BCUT2D eigenvalue weighted by Gasteiger charge is 2.32. The molecule has 5 rings (SSSR count). The van der Waals surface area contributed by atoms with Gasteiger partial charge in [-0.15, -0.1) is 0 Å². The monoisotopic (exact) mass is 490 g/mol. The predicted octanol–water partition coefficient (Wildman–Crippen LogP) is 5.34. The molecule has 0 radical (unpaired) electrons. The molecule has 3 aromatic carbocycles. The Balaban J connectivity index is 1.35. The summed E-state index contributed by atoms with van der Waals surface area (Å²) >= 11 is 6.24. The van der Waals surface area contributed by atoms with Crippen molar-refractivity contribution in [2.24, 2.45) is 0 Å². The van der Waals surface area contributed by atoms with E-state index < -0.39 is 6.04 Å². The number of amides is 2. The minimum absolute atomic E-state index is 0.00398. The first-order valence-corrected chi connectivity index (χ1v) is 12.3. The largest absolute Gasteiger partial charge is 0.486 e. The van der Waals surface area contributed by atoms with Crippen molar-refractivity contribution in [3.05, 3.63) is 94.5 Å². The molecule has 0 saturated carbocycles. The topological polar surface area (TPSA) is 67.9 Å². The number of hydrogen-bond donors (Lipinski definition) is 1. The molecule has 7 heteroatoms. The van der Waals surface area contributed by atoms with E-state index in [2.05, 4.69) is 5.32 Å². The Morgan fingerprint density at radius 3 is 2.51 bits per heavy atom. The van der Waals surface area contributed by atoms with Crippen LogP contribution in [0.15, 0.2) is 72.8 Å². The molecule has 35 heavy (non-hydrogen) atoms. The first kappa shape index (κ1) is 23.2. The third-order valence-electron chi connectivity index (χ3n) is 6.53. The average Bonchev–Trinajstić information content (AvgIpc) is 3.39. The minimum Gasteiger partial charge on any atom is -0.486 e. The van der Waals surface area contributed by atoms with E-state index in [1.54, 1.807) is 24.3 Å². The number of hydrogen-bond acceptors (Lipinski definition) is 4. The number of fused-ring (bicyclic) bond motifs is 1. The molecule has 0 aliphatic carbocycles. The third kappa shape index (κ3) is 5.13. The fourth-order valence-corrected chi connectivity index (χ4v) is 5.01. The van der Waals surface area contributed by atoms with Gasteiger partial charge >= 0.3 is 0 Å². The number of ether oxygens (including phenoxy) is 2. The van der Waals surface area contributed by atoms with Crippen LogP contribution in [-0.4, -0.2) is 36.5 Å². The molecule has 1 saturated heterocycles. The van der Waals surface area contributed by atoms with Crippen LogP contribution in [0, 0.1) is 0 Å². The Labute approximate surface area is 209 Å². The van der Waals surface area contributed by atoms with Crippen molar-refractivity contribution in [2.75, 3.05) is 19.8 Å². The highest BCUT2D eigenvalue weighted by atomic mass is 35.5. The zero-order valence-electron chi connectivity index (χ0n) is 19.3. The number of benzene rings is 3. The van der Waals surface area contributed by atoms with Crippen LogP contribution in [0.5, 0.6) is 11.5 Å². The number of rotatable bonds is 6. The Morgan fingerprint density at radius 1 is 0.971 bits per heavy atom. The summed E-state index contributed by atoms with van der Waals surface area (Å²) in [6, 6.07) is 21.9. The Morgan fingerprint density at radius 2 is 1.71 bits per heavy atom. The smallest absolute Gasteiger partial charge is 0.253 e. The molecule has 2 amide bonds. The van der Waals surface area contributed by atoms with Crippen LogP contribution in [0.25, 0.3) is 0 Å². The summed E-state index contributed by atoms with van der Waals surface area (Å²) in [6.45, 7) is 1.74. The maximum absolute atomic E-state index is 13.6. The summed E-state index contributed by atoms with van der Waals surface area (Å²) in [5.41, 5.74) is 2.30. The second-order valence-corrected chi connectivity index (χ2v) is 9.18. The molecular weight excluding hydrogens is 464 g/mol. The maximum atomic E-state index is 13.6. The summed E-state index contributed by atoms with van der Waals surface area (Å²) in [6.07, 6.45) is 1.96.